The van der Waals surface area contributed by atoms with Crippen molar-refractivity contribution in [2.45, 2.75) is 45.7 Å². The van der Waals surface area contributed by atoms with Gasteiger partial charge in [0.2, 0.25) is 17.7 Å². The van der Waals surface area contributed by atoms with E-state index in [1.807, 2.05) is 13.8 Å². The molecule has 104 valence electrons. The predicted molar refractivity (Wildman–Crippen MR) is 65.9 cm³/mol. The number of aryl methyl sites for hydroxylation is 1. The molecule has 7 heteroatoms. The lowest BCUT2D eigenvalue weighted by atomic mass is 9.89. The normalized spacial score (nSPS) is 18.6. The van der Waals surface area contributed by atoms with E-state index in [2.05, 4.69) is 15.5 Å². The fraction of sp³-hybridized carbons (Fsp3) is 0.667. The Bertz CT molecular complexity index is 493. The van der Waals surface area contributed by atoms with Gasteiger partial charge >= 0.3 is 0 Å². The van der Waals surface area contributed by atoms with Gasteiger partial charge in [0.15, 0.2) is 5.82 Å². The quantitative estimate of drug-likeness (QED) is 0.852. The summed E-state index contributed by atoms with van der Waals surface area (Å²) in [6.45, 7) is 5.70. The number of hydrogen-bond acceptors (Lipinski definition) is 5. The molecule has 0 spiro atoms. The molecule has 1 saturated heterocycles. The van der Waals surface area contributed by atoms with Crippen LogP contribution in [-0.4, -0.2) is 38.9 Å². The lowest BCUT2D eigenvalue weighted by Crippen LogP contribution is -2.65. The van der Waals surface area contributed by atoms with Crippen molar-refractivity contribution in [2.75, 3.05) is 6.54 Å². The minimum Gasteiger partial charge on any atom is -0.340 e. The molecule has 1 aliphatic rings. The van der Waals surface area contributed by atoms with Gasteiger partial charge in [-0.25, -0.2) is 0 Å². The van der Waals surface area contributed by atoms with E-state index in [-0.39, 0.29) is 24.9 Å². The summed E-state index contributed by atoms with van der Waals surface area (Å²) in [6, 6.07) is 0. The average Bonchev–Trinajstić information content (AvgIpc) is 2.79. The van der Waals surface area contributed by atoms with Gasteiger partial charge in [0.05, 0.1) is 6.54 Å². The van der Waals surface area contributed by atoms with Crippen LogP contribution in [0.1, 0.15) is 38.4 Å². The molecule has 1 aromatic heterocycles. The molecule has 1 fully saturated rings. The average molecular weight is 266 g/mol. The summed E-state index contributed by atoms with van der Waals surface area (Å²) in [5.74, 6) is 0.630. The summed E-state index contributed by atoms with van der Waals surface area (Å²) in [5.41, 5.74) is -0.798. The second-order valence-electron chi connectivity index (χ2n) is 4.73. The van der Waals surface area contributed by atoms with Crippen molar-refractivity contribution in [3.8, 4) is 0 Å². The first-order valence-corrected chi connectivity index (χ1v) is 6.40. The van der Waals surface area contributed by atoms with Gasteiger partial charge in [-0.1, -0.05) is 19.0 Å². The summed E-state index contributed by atoms with van der Waals surface area (Å²) in [5, 5.41) is 6.56. The zero-order valence-corrected chi connectivity index (χ0v) is 11.4. The highest BCUT2D eigenvalue weighted by atomic mass is 16.5. The Kier molecular flexibility index (Phi) is 3.55. The molecular weight excluding hydrogens is 248 g/mol. The number of aromatic nitrogens is 2. The van der Waals surface area contributed by atoms with Crippen LogP contribution in [0.5, 0.6) is 0 Å². The van der Waals surface area contributed by atoms with Crippen molar-refractivity contribution in [1.29, 1.82) is 0 Å². The number of amides is 2. The largest absolute Gasteiger partial charge is 0.340 e. The number of piperazine rings is 1. The van der Waals surface area contributed by atoms with E-state index < -0.39 is 5.54 Å². The van der Waals surface area contributed by atoms with E-state index in [0.717, 1.165) is 0 Å². The topological polar surface area (TPSA) is 88.3 Å². The molecule has 2 amide bonds. The Hall–Kier alpha value is -1.92. The van der Waals surface area contributed by atoms with Gasteiger partial charge in [0.25, 0.3) is 0 Å². The zero-order chi connectivity index (χ0) is 14.0. The first-order valence-electron chi connectivity index (χ1n) is 6.40. The Balaban J connectivity index is 2.20. The van der Waals surface area contributed by atoms with Gasteiger partial charge in [0, 0.05) is 6.92 Å². The van der Waals surface area contributed by atoms with Crippen LogP contribution in [0, 0.1) is 6.92 Å². The van der Waals surface area contributed by atoms with E-state index in [1.165, 1.54) is 4.90 Å². The highest BCUT2D eigenvalue weighted by Crippen LogP contribution is 2.23. The van der Waals surface area contributed by atoms with Crippen molar-refractivity contribution in [1.82, 2.24) is 20.4 Å². The fourth-order valence-corrected chi connectivity index (χ4v) is 2.34. The third kappa shape index (κ3) is 2.45. The van der Waals surface area contributed by atoms with Gasteiger partial charge in [-0.3, -0.25) is 9.59 Å². The molecule has 0 radical (unpaired) electrons. The first-order chi connectivity index (χ1) is 9.00. The van der Waals surface area contributed by atoms with Crippen molar-refractivity contribution < 1.29 is 14.1 Å². The van der Waals surface area contributed by atoms with E-state index in [0.29, 0.717) is 24.6 Å². The van der Waals surface area contributed by atoms with Gasteiger partial charge < -0.3 is 14.7 Å². The first kappa shape index (κ1) is 13.5. The van der Waals surface area contributed by atoms with Crippen LogP contribution in [0.4, 0.5) is 0 Å². The number of nitrogens with zero attached hydrogens (tertiary/aromatic N) is 3. The lowest BCUT2D eigenvalue weighted by molar-refractivity contribution is -0.151. The van der Waals surface area contributed by atoms with Crippen molar-refractivity contribution in [3.63, 3.8) is 0 Å². The highest BCUT2D eigenvalue weighted by Gasteiger charge is 2.44. The number of hydrogen-bond donors (Lipinski definition) is 1. The minimum absolute atomic E-state index is 0.0359. The van der Waals surface area contributed by atoms with Crippen LogP contribution in [-0.2, 0) is 16.1 Å². The number of carbonyl (C=O) groups is 2. The number of nitrogens with one attached hydrogen (secondary N) is 1. The molecule has 19 heavy (non-hydrogen) atoms. The van der Waals surface area contributed by atoms with Crippen LogP contribution in [0.25, 0.3) is 0 Å². The van der Waals surface area contributed by atoms with Gasteiger partial charge in [-0.15, -0.1) is 0 Å². The molecule has 2 rings (SSSR count). The zero-order valence-electron chi connectivity index (χ0n) is 11.4. The molecule has 1 aromatic rings. The standard InChI is InChI=1S/C12H18N4O3/c1-4-12(5-2)11(18)16(7-10(17)14-12)6-9-13-8(3)19-15-9/h4-7H2,1-3H3,(H,14,17). The van der Waals surface area contributed by atoms with Crippen LogP contribution < -0.4 is 5.32 Å². The predicted octanol–water partition coefficient (Wildman–Crippen LogP) is 0.395. The Morgan fingerprint density at radius 3 is 2.58 bits per heavy atom. The molecule has 1 aliphatic heterocycles. The second kappa shape index (κ2) is 4.99. The maximum atomic E-state index is 12.5. The Morgan fingerprint density at radius 1 is 1.37 bits per heavy atom. The molecule has 1 N–H and O–H groups in total. The van der Waals surface area contributed by atoms with Crippen LogP contribution in [0.15, 0.2) is 4.52 Å². The molecular formula is C12H18N4O3. The molecule has 0 aromatic carbocycles. The molecule has 2 heterocycles. The van der Waals surface area contributed by atoms with Gasteiger partial charge in [0.1, 0.15) is 12.1 Å². The third-order valence-corrected chi connectivity index (χ3v) is 3.52. The van der Waals surface area contributed by atoms with Crippen LogP contribution in [0.2, 0.25) is 0 Å². The summed E-state index contributed by atoms with van der Waals surface area (Å²) < 4.78 is 4.87. The van der Waals surface area contributed by atoms with Crippen LogP contribution in [0.3, 0.4) is 0 Å². The summed E-state index contributed by atoms with van der Waals surface area (Å²) in [4.78, 5) is 29.8. The van der Waals surface area contributed by atoms with Crippen molar-refractivity contribution in [3.05, 3.63) is 11.7 Å². The maximum absolute atomic E-state index is 12.5. The fourth-order valence-electron chi connectivity index (χ4n) is 2.34. The molecule has 0 unspecified atom stereocenters. The number of rotatable bonds is 4. The van der Waals surface area contributed by atoms with Crippen LogP contribution >= 0.6 is 0 Å². The molecule has 7 nitrogen and oxygen atoms in total. The van der Waals surface area contributed by atoms with Gasteiger partial charge in [-0.2, -0.15) is 4.98 Å². The highest BCUT2D eigenvalue weighted by molar-refractivity contribution is 5.97. The summed E-state index contributed by atoms with van der Waals surface area (Å²) in [6.07, 6.45) is 1.13. The summed E-state index contributed by atoms with van der Waals surface area (Å²) in [7, 11) is 0. The Morgan fingerprint density at radius 2 is 2.05 bits per heavy atom. The molecule has 0 bridgehead atoms. The monoisotopic (exact) mass is 266 g/mol. The SMILES string of the molecule is CCC1(CC)NC(=O)CN(Cc2noc(C)n2)C1=O. The van der Waals surface area contributed by atoms with E-state index in [1.54, 1.807) is 6.92 Å². The molecule has 0 aliphatic carbocycles. The minimum atomic E-state index is -0.798. The third-order valence-electron chi connectivity index (χ3n) is 3.52. The molecule has 0 saturated carbocycles. The second-order valence-corrected chi connectivity index (χ2v) is 4.73. The lowest BCUT2D eigenvalue weighted by Gasteiger charge is -2.40. The number of carbonyl (C=O) groups excluding carboxylic acids is 2. The maximum Gasteiger partial charge on any atom is 0.249 e. The van der Waals surface area contributed by atoms with Crippen molar-refractivity contribution in [2.24, 2.45) is 0 Å². The Labute approximate surface area is 111 Å². The molecule has 0 atom stereocenters. The van der Waals surface area contributed by atoms with E-state index >= 15 is 0 Å². The summed E-state index contributed by atoms with van der Waals surface area (Å²) >= 11 is 0. The van der Waals surface area contributed by atoms with E-state index in [9.17, 15) is 9.59 Å². The van der Waals surface area contributed by atoms with Gasteiger partial charge in [-0.05, 0) is 12.8 Å². The van der Waals surface area contributed by atoms with Crippen molar-refractivity contribution >= 4 is 11.8 Å². The smallest absolute Gasteiger partial charge is 0.249 e. The van der Waals surface area contributed by atoms with E-state index in [4.69, 9.17) is 4.52 Å².